The summed E-state index contributed by atoms with van der Waals surface area (Å²) < 4.78 is 22.2. The topological polar surface area (TPSA) is 83.4 Å². The van der Waals surface area contributed by atoms with Crippen LogP contribution in [0, 0.1) is 5.92 Å². The van der Waals surface area contributed by atoms with Crippen LogP contribution < -0.4 is 14.2 Å². The number of ether oxygens (including phenoxy) is 4. The molecule has 1 unspecified atom stereocenters. The van der Waals surface area contributed by atoms with Crippen molar-refractivity contribution < 1.29 is 28.5 Å². The van der Waals surface area contributed by atoms with Gasteiger partial charge in [-0.1, -0.05) is 48.5 Å². The van der Waals surface area contributed by atoms with Gasteiger partial charge in [0.1, 0.15) is 18.3 Å². The van der Waals surface area contributed by atoms with Crippen LogP contribution in [-0.2, 0) is 20.9 Å². The largest absolute Gasteiger partial charge is 0.497 e. The Morgan fingerprint density at radius 3 is 2.46 bits per heavy atom. The van der Waals surface area contributed by atoms with E-state index in [1.807, 2.05) is 79.7 Å². The van der Waals surface area contributed by atoms with Crippen molar-refractivity contribution in [3.63, 3.8) is 0 Å². The molecule has 7 heteroatoms. The molecule has 198 valence electrons. The number of nitrogens with zero attached hydrogens (tertiary/aromatic N) is 1. The third-order valence-electron chi connectivity index (χ3n) is 7.71. The van der Waals surface area contributed by atoms with Crippen molar-refractivity contribution in [1.82, 2.24) is 0 Å². The minimum absolute atomic E-state index is 0.00214. The molecule has 6 rings (SSSR count). The predicted molar refractivity (Wildman–Crippen MR) is 145 cm³/mol. The first-order valence-corrected chi connectivity index (χ1v) is 13.1. The fourth-order valence-corrected chi connectivity index (χ4v) is 5.76. The van der Waals surface area contributed by atoms with Crippen molar-refractivity contribution in [3.8, 4) is 17.2 Å². The molecule has 3 aromatic carbocycles. The van der Waals surface area contributed by atoms with Crippen molar-refractivity contribution in [3.05, 3.63) is 101 Å². The van der Waals surface area contributed by atoms with E-state index in [2.05, 4.69) is 0 Å². The number of carbonyl (C=O) groups is 2. The summed E-state index contributed by atoms with van der Waals surface area (Å²) in [6, 6.07) is 23.0. The molecule has 0 saturated heterocycles. The van der Waals surface area contributed by atoms with Crippen LogP contribution >= 0.6 is 0 Å². The Labute approximate surface area is 227 Å². The molecule has 0 bridgehead atoms. The number of Topliss-reactive ketones (excluding diaryl/α,β-unsaturated/α-hetero) is 1. The number of rotatable bonds is 6. The summed E-state index contributed by atoms with van der Waals surface area (Å²) in [6.07, 6.45) is 0.949. The first kappa shape index (κ1) is 24.9. The van der Waals surface area contributed by atoms with Gasteiger partial charge in [0, 0.05) is 29.3 Å². The summed E-state index contributed by atoms with van der Waals surface area (Å²) >= 11 is 0. The molecule has 0 spiro atoms. The molecule has 0 aromatic heterocycles. The Morgan fingerprint density at radius 1 is 0.949 bits per heavy atom. The number of ketones is 1. The summed E-state index contributed by atoms with van der Waals surface area (Å²) in [5, 5.41) is 0. The van der Waals surface area contributed by atoms with E-state index in [1.165, 1.54) is 0 Å². The number of allylic oxidation sites excluding steroid dienone is 2. The molecule has 1 aliphatic carbocycles. The van der Waals surface area contributed by atoms with Gasteiger partial charge in [-0.15, -0.1) is 0 Å². The van der Waals surface area contributed by atoms with Crippen LogP contribution in [0.15, 0.2) is 89.1 Å². The fraction of sp³-hybridized carbons (Fsp3) is 0.281. The zero-order chi connectivity index (χ0) is 26.9. The van der Waals surface area contributed by atoms with E-state index in [9.17, 15) is 9.59 Å². The molecule has 7 nitrogen and oxygen atoms in total. The smallest absolute Gasteiger partial charge is 0.315 e. The standard InChI is InChI=1S/C32H29NO6/c1-19-29(32(35)37-17-20-6-4-3-5-7-20)30(22-10-13-27-28(16-22)39-18-38-27)31-25(33-19)14-23(15-26(31)34)21-8-11-24(36-2)12-9-21/h3-13,16,23,29-30H,14-15,17-18H2,1-2H3/t23-,29?,30+/m1/s1. The Bertz CT molecular complexity index is 1470. The number of methoxy groups -OCH3 is 1. The number of benzene rings is 3. The van der Waals surface area contributed by atoms with E-state index < -0.39 is 17.8 Å². The lowest BCUT2D eigenvalue weighted by molar-refractivity contribution is -0.148. The van der Waals surface area contributed by atoms with Gasteiger partial charge >= 0.3 is 5.97 Å². The highest BCUT2D eigenvalue weighted by Crippen LogP contribution is 2.48. The summed E-state index contributed by atoms with van der Waals surface area (Å²) in [5.41, 5.74) is 4.72. The van der Waals surface area contributed by atoms with Crippen molar-refractivity contribution >= 4 is 17.5 Å². The fourth-order valence-electron chi connectivity index (χ4n) is 5.76. The van der Waals surface area contributed by atoms with Gasteiger partial charge in [0.25, 0.3) is 0 Å². The lowest BCUT2D eigenvalue weighted by atomic mass is 9.69. The van der Waals surface area contributed by atoms with Gasteiger partial charge in [-0.25, -0.2) is 0 Å². The van der Waals surface area contributed by atoms with E-state index in [-0.39, 0.29) is 25.1 Å². The first-order valence-electron chi connectivity index (χ1n) is 13.1. The third kappa shape index (κ3) is 4.80. The van der Waals surface area contributed by atoms with Gasteiger partial charge in [-0.3, -0.25) is 14.6 Å². The molecule has 3 aliphatic rings. The molecule has 0 N–H and O–H groups in total. The van der Waals surface area contributed by atoms with Crippen LogP contribution in [-0.4, -0.2) is 31.4 Å². The van der Waals surface area contributed by atoms with E-state index >= 15 is 0 Å². The maximum absolute atomic E-state index is 13.8. The molecule has 39 heavy (non-hydrogen) atoms. The maximum atomic E-state index is 13.8. The van der Waals surface area contributed by atoms with Crippen molar-refractivity contribution in [1.29, 1.82) is 0 Å². The van der Waals surface area contributed by atoms with Crippen LogP contribution in [0.1, 0.15) is 48.3 Å². The Hall–Kier alpha value is -4.39. The van der Waals surface area contributed by atoms with Crippen LogP contribution in [0.3, 0.4) is 0 Å². The van der Waals surface area contributed by atoms with E-state index in [0.29, 0.717) is 35.6 Å². The van der Waals surface area contributed by atoms with Gasteiger partial charge in [0.05, 0.1) is 7.11 Å². The van der Waals surface area contributed by atoms with E-state index in [1.54, 1.807) is 7.11 Å². The number of fused-ring (bicyclic) bond motifs is 1. The van der Waals surface area contributed by atoms with Gasteiger partial charge in [-0.05, 0) is 60.2 Å². The average molecular weight is 524 g/mol. The van der Waals surface area contributed by atoms with Gasteiger partial charge in [0.15, 0.2) is 17.3 Å². The van der Waals surface area contributed by atoms with Gasteiger partial charge in [-0.2, -0.15) is 0 Å². The SMILES string of the molecule is COc1ccc([C@H]2CC(=O)C3=C(C2)N=C(C)C(C(=O)OCc2ccccc2)[C@@H]3c2ccc3c(c2)OCO3)cc1. The second-order valence-electron chi connectivity index (χ2n) is 10.1. The molecule has 0 fully saturated rings. The molecule has 3 atom stereocenters. The number of carbonyl (C=O) groups excluding carboxylic acids is 2. The number of aliphatic imine (C=N–C) groups is 1. The van der Waals surface area contributed by atoms with Crippen LogP contribution in [0.4, 0.5) is 0 Å². The summed E-state index contributed by atoms with van der Waals surface area (Å²) in [5.74, 6) is 0.354. The van der Waals surface area contributed by atoms with Crippen molar-refractivity contribution in [2.75, 3.05) is 13.9 Å². The average Bonchev–Trinajstić information content (AvgIpc) is 3.44. The highest BCUT2D eigenvalue weighted by molar-refractivity contribution is 6.09. The molecule has 0 saturated carbocycles. The minimum Gasteiger partial charge on any atom is -0.497 e. The third-order valence-corrected chi connectivity index (χ3v) is 7.71. The van der Waals surface area contributed by atoms with E-state index in [0.717, 1.165) is 28.1 Å². The Kier molecular flexibility index (Phi) is 6.65. The highest BCUT2D eigenvalue weighted by Gasteiger charge is 2.45. The minimum atomic E-state index is -0.727. The number of hydrogen-bond donors (Lipinski definition) is 0. The van der Waals surface area contributed by atoms with Crippen LogP contribution in [0.25, 0.3) is 0 Å². The molecular weight excluding hydrogens is 494 g/mol. The van der Waals surface area contributed by atoms with Crippen LogP contribution in [0.2, 0.25) is 0 Å². The molecule has 0 radical (unpaired) electrons. The molecule has 3 aromatic rings. The molecule has 2 heterocycles. The summed E-state index contributed by atoms with van der Waals surface area (Å²) in [6.45, 7) is 2.14. The lowest BCUT2D eigenvalue weighted by Crippen LogP contribution is -2.38. The highest BCUT2D eigenvalue weighted by atomic mass is 16.7. The number of esters is 1. The predicted octanol–water partition coefficient (Wildman–Crippen LogP) is 5.74. The van der Waals surface area contributed by atoms with Gasteiger partial charge < -0.3 is 18.9 Å². The van der Waals surface area contributed by atoms with Crippen molar-refractivity contribution in [2.24, 2.45) is 10.9 Å². The zero-order valence-electron chi connectivity index (χ0n) is 21.9. The first-order chi connectivity index (χ1) is 19.0. The Balaban J connectivity index is 1.36. The number of hydrogen-bond acceptors (Lipinski definition) is 7. The van der Waals surface area contributed by atoms with Crippen LogP contribution in [0.5, 0.6) is 17.2 Å². The lowest BCUT2D eigenvalue weighted by Gasteiger charge is -2.36. The molecule has 0 amide bonds. The zero-order valence-corrected chi connectivity index (χ0v) is 21.9. The molecular formula is C32H29NO6. The van der Waals surface area contributed by atoms with E-state index in [4.69, 9.17) is 23.9 Å². The summed E-state index contributed by atoms with van der Waals surface area (Å²) in [7, 11) is 1.63. The Morgan fingerprint density at radius 2 is 1.69 bits per heavy atom. The van der Waals surface area contributed by atoms with Gasteiger partial charge in [0.2, 0.25) is 6.79 Å². The van der Waals surface area contributed by atoms with Crippen molar-refractivity contribution in [2.45, 2.75) is 38.2 Å². The monoisotopic (exact) mass is 523 g/mol. The normalized spacial score (nSPS) is 21.7. The maximum Gasteiger partial charge on any atom is 0.315 e. The second kappa shape index (κ2) is 10.4. The molecule has 2 aliphatic heterocycles. The quantitative estimate of drug-likeness (QED) is 0.383. The summed E-state index contributed by atoms with van der Waals surface area (Å²) in [4.78, 5) is 32.3. The second-order valence-corrected chi connectivity index (χ2v) is 10.1.